The molecule has 0 unspecified atom stereocenters. The van der Waals surface area contributed by atoms with Crippen molar-refractivity contribution in [2.75, 3.05) is 0 Å². The number of fused-ring (bicyclic) bond motifs is 1. The van der Waals surface area contributed by atoms with Crippen LogP contribution < -0.4 is 0 Å². The van der Waals surface area contributed by atoms with E-state index in [0.29, 0.717) is 0 Å². The van der Waals surface area contributed by atoms with Crippen LogP contribution in [-0.4, -0.2) is 15.8 Å². The Morgan fingerprint density at radius 1 is 1.20 bits per heavy atom. The molecule has 2 aromatic carbocycles. The molecule has 0 atom stereocenters. The molecule has 0 aliphatic heterocycles. The number of hydrogen-bond acceptors (Lipinski definition) is 2. The normalized spacial score (nSPS) is 10.9. The molecule has 3 heteroatoms. The Labute approximate surface area is 117 Å². The monoisotopic (exact) mass is 264 g/mol. The van der Waals surface area contributed by atoms with Crippen LogP contribution in [0.2, 0.25) is 0 Å². The van der Waals surface area contributed by atoms with Crippen LogP contribution in [0.1, 0.15) is 27.3 Å². The molecule has 0 amide bonds. The number of nitrogens with zero attached hydrogens (tertiary/aromatic N) is 2. The summed E-state index contributed by atoms with van der Waals surface area (Å²) in [7, 11) is 2.04. The molecule has 1 heterocycles. The second kappa shape index (κ2) is 4.93. The Hall–Kier alpha value is -2.42. The number of aryl methyl sites for hydroxylation is 2. The van der Waals surface area contributed by atoms with Gasteiger partial charge in [-0.2, -0.15) is 0 Å². The molecular weight excluding hydrogens is 248 g/mol. The zero-order valence-corrected chi connectivity index (χ0v) is 11.6. The molecule has 1 aromatic heterocycles. The Morgan fingerprint density at radius 3 is 2.70 bits per heavy atom. The number of rotatable bonds is 3. The van der Waals surface area contributed by atoms with Gasteiger partial charge in [0.1, 0.15) is 12.1 Å². The van der Waals surface area contributed by atoms with E-state index in [1.165, 1.54) is 5.56 Å². The molecule has 0 bridgehead atoms. The predicted molar refractivity (Wildman–Crippen MR) is 80.1 cm³/mol. The van der Waals surface area contributed by atoms with E-state index in [9.17, 15) is 4.79 Å². The first kappa shape index (κ1) is 12.6. The van der Waals surface area contributed by atoms with Crippen LogP contribution in [0.25, 0.3) is 11.0 Å². The largest absolute Gasteiger partial charge is 0.331 e. The van der Waals surface area contributed by atoms with Gasteiger partial charge in [0.2, 0.25) is 0 Å². The van der Waals surface area contributed by atoms with Crippen LogP contribution in [0.15, 0.2) is 42.5 Å². The molecule has 0 fully saturated rings. The number of benzene rings is 2. The molecule has 0 saturated heterocycles. The van der Waals surface area contributed by atoms with Crippen molar-refractivity contribution in [2.24, 2.45) is 7.05 Å². The number of carbonyl (C=O) groups excluding carboxylic acids is 1. The van der Waals surface area contributed by atoms with Gasteiger partial charge in [0.25, 0.3) is 0 Å². The topological polar surface area (TPSA) is 34.9 Å². The fourth-order valence-corrected chi connectivity index (χ4v) is 2.51. The van der Waals surface area contributed by atoms with E-state index >= 15 is 0 Å². The van der Waals surface area contributed by atoms with Gasteiger partial charge in [-0.15, -0.1) is 0 Å². The van der Waals surface area contributed by atoms with Gasteiger partial charge in [-0.1, -0.05) is 24.3 Å². The lowest BCUT2D eigenvalue weighted by atomic mass is 10.0. The van der Waals surface area contributed by atoms with Crippen molar-refractivity contribution in [3.8, 4) is 0 Å². The van der Waals surface area contributed by atoms with Gasteiger partial charge in [-0.3, -0.25) is 4.79 Å². The zero-order chi connectivity index (χ0) is 14.1. The lowest BCUT2D eigenvalue weighted by Crippen LogP contribution is -2.01. The Kier molecular flexibility index (Phi) is 3.11. The van der Waals surface area contributed by atoms with Gasteiger partial charge < -0.3 is 4.57 Å². The summed E-state index contributed by atoms with van der Waals surface area (Å²) >= 11 is 0. The average molecular weight is 264 g/mol. The first-order valence-corrected chi connectivity index (χ1v) is 6.64. The number of aldehydes is 1. The first-order chi connectivity index (χ1) is 9.69. The second-order valence-electron chi connectivity index (χ2n) is 5.06. The second-order valence-corrected chi connectivity index (χ2v) is 5.06. The quantitative estimate of drug-likeness (QED) is 0.680. The van der Waals surface area contributed by atoms with Crippen molar-refractivity contribution in [2.45, 2.75) is 13.3 Å². The standard InChI is InChI=1S/C17H16N2O/c1-12-9-13(11-20)7-8-14(12)10-17-18-15-5-3-4-6-16(15)19(17)2/h3-9,11H,10H2,1-2H3. The minimum absolute atomic E-state index is 0.719. The molecule has 0 spiro atoms. The number of aromatic nitrogens is 2. The highest BCUT2D eigenvalue weighted by atomic mass is 16.1. The summed E-state index contributed by atoms with van der Waals surface area (Å²) in [6.07, 6.45) is 1.65. The molecule has 3 rings (SSSR count). The number of hydrogen-bond donors (Lipinski definition) is 0. The molecule has 0 aliphatic carbocycles. The summed E-state index contributed by atoms with van der Waals surface area (Å²) in [5.41, 5.74) is 5.21. The van der Waals surface area contributed by atoms with Crippen LogP contribution in [0.5, 0.6) is 0 Å². The van der Waals surface area contributed by atoms with Gasteiger partial charge >= 0.3 is 0 Å². The molecule has 0 radical (unpaired) electrons. The van der Waals surface area contributed by atoms with Crippen molar-refractivity contribution in [3.63, 3.8) is 0 Å². The fraction of sp³-hybridized carbons (Fsp3) is 0.176. The minimum atomic E-state index is 0.719. The van der Waals surface area contributed by atoms with Crippen LogP contribution >= 0.6 is 0 Å². The van der Waals surface area contributed by atoms with E-state index in [1.54, 1.807) is 0 Å². The van der Waals surface area contributed by atoms with Crippen LogP contribution in [-0.2, 0) is 13.5 Å². The van der Waals surface area contributed by atoms with E-state index in [4.69, 9.17) is 0 Å². The lowest BCUT2D eigenvalue weighted by Gasteiger charge is -2.07. The summed E-state index contributed by atoms with van der Waals surface area (Å²) in [4.78, 5) is 15.5. The zero-order valence-electron chi connectivity index (χ0n) is 11.6. The Morgan fingerprint density at radius 2 is 2.00 bits per heavy atom. The van der Waals surface area contributed by atoms with Crippen LogP contribution in [0, 0.1) is 6.92 Å². The fourth-order valence-electron chi connectivity index (χ4n) is 2.51. The summed E-state index contributed by atoms with van der Waals surface area (Å²) < 4.78 is 2.13. The van der Waals surface area contributed by atoms with Crippen molar-refractivity contribution in [3.05, 3.63) is 65.0 Å². The maximum absolute atomic E-state index is 10.8. The Balaban J connectivity index is 2.01. The maximum Gasteiger partial charge on any atom is 0.150 e. The highest BCUT2D eigenvalue weighted by Gasteiger charge is 2.09. The van der Waals surface area contributed by atoms with Gasteiger partial charge in [0, 0.05) is 19.0 Å². The summed E-state index contributed by atoms with van der Waals surface area (Å²) in [6, 6.07) is 13.9. The van der Waals surface area contributed by atoms with E-state index in [1.807, 2.05) is 50.4 Å². The molecule has 0 N–H and O–H groups in total. The van der Waals surface area contributed by atoms with E-state index in [0.717, 1.165) is 40.7 Å². The van der Waals surface area contributed by atoms with E-state index < -0.39 is 0 Å². The SMILES string of the molecule is Cc1cc(C=O)ccc1Cc1nc2ccccc2n1C. The third kappa shape index (κ3) is 2.11. The van der Waals surface area contributed by atoms with Crippen molar-refractivity contribution < 1.29 is 4.79 Å². The van der Waals surface area contributed by atoms with Crippen molar-refractivity contribution >= 4 is 17.3 Å². The molecule has 3 aromatic rings. The van der Waals surface area contributed by atoms with Gasteiger partial charge in [-0.05, 0) is 36.2 Å². The van der Waals surface area contributed by atoms with E-state index in [-0.39, 0.29) is 0 Å². The summed E-state index contributed by atoms with van der Waals surface area (Å²) in [5.74, 6) is 1.04. The lowest BCUT2D eigenvalue weighted by molar-refractivity contribution is 0.112. The molecule has 3 nitrogen and oxygen atoms in total. The molecule has 100 valence electrons. The summed E-state index contributed by atoms with van der Waals surface area (Å²) in [5, 5.41) is 0. The average Bonchev–Trinajstić information content (AvgIpc) is 2.78. The summed E-state index contributed by atoms with van der Waals surface area (Å²) in [6.45, 7) is 2.03. The highest BCUT2D eigenvalue weighted by molar-refractivity contribution is 5.76. The molecular formula is C17H16N2O. The molecule has 20 heavy (non-hydrogen) atoms. The molecule has 0 aliphatic rings. The van der Waals surface area contributed by atoms with Crippen LogP contribution in [0.4, 0.5) is 0 Å². The van der Waals surface area contributed by atoms with Gasteiger partial charge in [0.05, 0.1) is 11.0 Å². The van der Waals surface area contributed by atoms with Crippen molar-refractivity contribution in [1.82, 2.24) is 9.55 Å². The minimum Gasteiger partial charge on any atom is -0.331 e. The number of para-hydroxylation sites is 2. The highest BCUT2D eigenvalue weighted by Crippen LogP contribution is 2.19. The third-order valence-electron chi connectivity index (χ3n) is 3.73. The van der Waals surface area contributed by atoms with Gasteiger partial charge in [-0.25, -0.2) is 4.98 Å². The van der Waals surface area contributed by atoms with Crippen LogP contribution in [0.3, 0.4) is 0 Å². The van der Waals surface area contributed by atoms with Gasteiger partial charge in [0.15, 0.2) is 0 Å². The number of carbonyl (C=O) groups is 1. The number of imidazole rings is 1. The third-order valence-corrected chi connectivity index (χ3v) is 3.73. The predicted octanol–water partition coefficient (Wildman–Crippen LogP) is 3.29. The van der Waals surface area contributed by atoms with E-state index in [2.05, 4.69) is 15.6 Å². The smallest absolute Gasteiger partial charge is 0.150 e. The van der Waals surface area contributed by atoms with Crippen molar-refractivity contribution in [1.29, 1.82) is 0 Å². The molecule has 0 saturated carbocycles. The first-order valence-electron chi connectivity index (χ1n) is 6.64. The Bertz CT molecular complexity index is 787. The maximum atomic E-state index is 10.8.